The maximum atomic E-state index is 12.4. The zero-order valence-electron chi connectivity index (χ0n) is 18.1. The number of imidazole rings is 1. The van der Waals surface area contributed by atoms with Gasteiger partial charge in [0.05, 0.1) is 30.7 Å². The van der Waals surface area contributed by atoms with Gasteiger partial charge in [0.2, 0.25) is 5.91 Å². The molecule has 1 amide bonds. The second kappa shape index (κ2) is 8.26. The number of carbonyl (C=O) groups excluding carboxylic acids is 2. The molecule has 0 spiro atoms. The van der Waals surface area contributed by atoms with Crippen molar-refractivity contribution >= 4 is 23.3 Å². The highest BCUT2D eigenvalue weighted by atomic mass is 16.5. The number of nitrogens with zero attached hydrogens (tertiary/aromatic N) is 3. The Morgan fingerprint density at radius 1 is 1.16 bits per heavy atom. The molecule has 7 nitrogen and oxygen atoms in total. The van der Waals surface area contributed by atoms with E-state index in [1.807, 2.05) is 46.9 Å². The molecular formula is C24H26N4O3. The van der Waals surface area contributed by atoms with E-state index in [1.54, 1.807) is 25.4 Å². The minimum atomic E-state index is -0.361. The molecule has 160 valence electrons. The number of esters is 1. The lowest BCUT2D eigenvalue weighted by atomic mass is 9.90. The lowest BCUT2D eigenvalue weighted by molar-refractivity contribution is -0.117. The smallest absolute Gasteiger partial charge is 0.337 e. The Balaban J connectivity index is 1.71. The van der Waals surface area contributed by atoms with Crippen LogP contribution in [0.15, 0.2) is 55.0 Å². The Hall–Kier alpha value is -3.61. The van der Waals surface area contributed by atoms with Gasteiger partial charge in [0.25, 0.3) is 0 Å². The molecule has 3 aromatic rings. The predicted molar refractivity (Wildman–Crippen MR) is 120 cm³/mol. The fourth-order valence-corrected chi connectivity index (χ4v) is 4.21. The minimum Gasteiger partial charge on any atom is -0.465 e. The molecule has 31 heavy (non-hydrogen) atoms. The van der Waals surface area contributed by atoms with Crippen LogP contribution in [-0.2, 0) is 9.53 Å². The Morgan fingerprint density at radius 2 is 1.90 bits per heavy atom. The maximum absolute atomic E-state index is 12.4. The predicted octanol–water partition coefficient (Wildman–Crippen LogP) is 4.27. The third-order valence-electron chi connectivity index (χ3n) is 5.66. The fourth-order valence-electron chi connectivity index (χ4n) is 4.21. The van der Waals surface area contributed by atoms with Crippen molar-refractivity contribution in [2.75, 3.05) is 17.3 Å². The summed E-state index contributed by atoms with van der Waals surface area (Å²) in [7, 11) is 1.37. The summed E-state index contributed by atoms with van der Waals surface area (Å²) >= 11 is 0. The Kier molecular flexibility index (Phi) is 5.50. The van der Waals surface area contributed by atoms with Gasteiger partial charge in [-0.05, 0) is 62.7 Å². The van der Waals surface area contributed by atoms with Gasteiger partial charge in [0.15, 0.2) is 0 Å². The number of amides is 1. The molecule has 7 heteroatoms. The molecule has 4 rings (SSSR count). The quantitative estimate of drug-likeness (QED) is 0.641. The van der Waals surface area contributed by atoms with Crippen molar-refractivity contribution in [1.82, 2.24) is 9.55 Å². The van der Waals surface area contributed by atoms with Gasteiger partial charge in [-0.1, -0.05) is 0 Å². The van der Waals surface area contributed by atoms with Crippen LogP contribution in [-0.4, -0.2) is 34.6 Å². The molecule has 2 heterocycles. The van der Waals surface area contributed by atoms with E-state index < -0.39 is 0 Å². The standard InChI is InChI=1S/C24H26N4O3/c1-15-13-27(14-25-15)20-9-10-23-21(12-20)22(11-16(2)28(23)17(3)29)26-19-7-5-18(6-8-19)24(30)31-4/h5-10,12-14,16,22,26H,11H2,1-4H3/t16-,22+/m0/s1. The van der Waals surface area contributed by atoms with Gasteiger partial charge < -0.3 is 19.5 Å². The minimum absolute atomic E-state index is 0.00847. The highest BCUT2D eigenvalue weighted by Crippen LogP contribution is 2.40. The number of nitrogens with one attached hydrogen (secondary N) is 1. The van der Waals surface area contributed by atoms with Gasteiger partial charge >= 0.3 is 5.97 Å². The van der Waals surface area contributed by atoms with Gasteiger partial charge in [-0.15, -0.1) is 0 Å². The van der Waals surface area contributed by atoms with Crippen molar-refractivity contribution in [2.45, 2.75) is 39.3 Å². The monoisotopic (exact) mass is 418 g/mol. The molecule has 0 radical (unpaired) electrons. The number of aromatic nitrogens is 2. The van der Waals surface area contributed by atoms with Crippen molar-refractivity contribution < 1.29 is 14.3 Å². The molecule has 0 bridgehead atoms. The van der Waals surface area contributed by atoms with Crippen molar-refractivity contribution in [1.29, 1.82) is 0 Å². The molecule has 1 N–H and O–H groups in total. The number of ether oxygens (including phenoxy) is 1. The average Bonchev–Trinajstić information content (AvgIpc) is 3.19. The Bertz CT molecular complexity index is 1120. The fraction of sp³-hybridized carbons (Fsp3) is 0.292. The second-order valence-corrected chi connectivity index (χ2v) is 7.91. The van der Waals surface area contributed by atoms with Crippen LogP contribution in [0.25, 0.3) is 5.69 Å². The number of hydrogen-bond acceptors (Lipinski definition) is 5. The van der Waals surface area contributed by atoms with E-state index >= 15 is 0 Å². The van der Waals surface area contributed by atoms with Crippen LogP contribution in [0.3, 0.4) is 0 Å². The van der Waals surface area contributed by atoms with Crippen LogP contribution in [0.2, 0.25) is 0 Å². The molecule has 1 aliphatic rings. The van der Waals surface area contributed by atoms with E-state index in [0.29, 0.717) is 5.56 Å². The number of fused-ring (bicyclic) bond motifs is 1. The first-order chi connectivity index (χ1) is 14.9. The lowest BCUT2D eigenvalue weighted by Crippen LogP contribution is -2.43. The number of methoxy groups -OCH3 is 1. The summed E-state index contributed by atoms with van der Waals surface area (Å²) in [5, 5.41) is 3.58. The van der Waals surface area contributed by atoms with Crippen LogP contribution in [0.5, 0.6) is 0 Å². The maximum Gasteiger partial charge on any atom is 0.337 e. The van der Waals surface area contributed by atoms with Crippen molar-refractivity contribution in [3.05, 3.63) is 71.8 Å². The number of anilines is 2. The molecule has 1 aliphatic heterocycles. The van der Waals surface area contributed by atoms with E-state index in [9.17, 15) is 9.59 Å². The molecule has 0 fully saturated rings. The van der Waals surface area contributed by atoms with Crippen LogP contribution in [0.1, 0.15) is 47.9 Å². The van der Waals surface area contributed by atoms with Crippen molar-refractivity contribution in [2.24, 2.45) is 0 Å². The topological polar surface area (TPSA) is 76.5 Å². The number of benzene rings is 2. The molecule has 0 saturated heterocycles. The first-order valence-electron chi connectivity index (χ1n) is 10.3. The van der Waals surface area contributed by atoms with E-state index in [2.05, 4.69) is 23.3 Å². The molecule has 2 aromatic carbocycles. The number of aryl methyl sites for hydroxylation is 1. The highest BCUT2D eigenvalue weighted by Gasteiger charge is 2.32. The summed E-state index contributed by atoms with van der Waals surface area (Å²) in [6.07, 6.45) is 4.53. The molecule has 2 atom stereocenters. The number of hydrogen-bond donors (Lipinski definition) is 1. The number of carbonyl (C=O) groups is 2. The summed E-state index contributed by atoms with van der Waals surface area (Å²) in [6, 6.07) is 13.4. The highest BCUT2D eigenvalue weighted by molar-refractivity contribution is 5.94. The van der Waals surface area contributed by atoms with Gasteiger partial charge in [0.1, 0.15) is 0 Å². The van der Waals surface area contributed by atoms with E-state index in [-0.39, 0.29) is 24.0 Å². The van der Waals surface area contributed by atoms with Gasteiger partial charge in [0, 0.05) is 41.8 Å². The van der Waals surface area contributed by atoms with Gasteiger partial charge in [-0.2, -0.15) is 0 Å². The van der Waals surface area contributed by atoms with E-state index in [0.717, 1.165) is 34.7 Å². The summed E-state index contributed by atoms with van der Waals surface area (Å²) in [6.45, 7) is 5.62. The van der Waals surface area contributed by atoms with Gasteiger partial charge in [-0.25, -0.2) is 9.78 Å². The van der Waals surface area contributed by atoms with Crippen LogP contribution < -0.4 is 10.2 Å². The van der Waals surface area contributed by atoms with Gasteiger partial charge in [-0.3, -0.25) is 4.79 Å². The zero-order valence-corrected chi connectivity index (χ0v) is 18.1. The molecule has 0 aliphatic carbocycles. The first-order valence-corrected chi connectivity index (χ1v) is 10.3. The molecule has 1 aromatic heterocycles. The Labute approximate surface area is 181 Å². The largest absolute Gasteiger partial charge is 0.465 e. The van der Waals surface area contributed by atoms with Crippen molar-refractivity contribution in [3.8, 4) is 5.69 Å². The summed E-state index contributed by atoms with van der Waals surface area (Å²) in [4.78, 5) is 30.3. The van der Waals surface area contributed by atoms with Crippen LogP contribution in [0.4, 0.5) is 11.4 Å². The summed E-state index contributed by atoms with van der Waals surface area (Å²) in [5.41, 5.74) is 5.30. The van der Waals surface area contributed by atoms with Crippen LogP contribution >= 0.6 is 0 Å². The second-order valence-electron chi connectivity index (χ2n) is 7.91. The van der Waals surface area contributed by atoms with E-state index in [1.165, 1.54) is 7.11 Å². The number of rotatable bonds is 4. The summed E-state index contributed by atoms with van der Waals surface area (Å²) in [5.74, 6) is -0.332. The summed E-state index contributed by atoms with van der Waals surface area (Å²) < 4.78 is 6.75. The van der Waals surface area contributed by atoms with Crippen LogP contribution in [0, 0.1) is 6.92 Å². The molecule has 0 unspecified atom stereocenters. The average molecular weight is 418 g/mol. The first kappa shape index (κ1) is 20.7. The Morgan fingerprint density at radius 3 is 2.52 bits per heavy atom. The van der Waals surface area contributed by atoms with E-state index in [4.69, 9.17) is 4.74 Å². The van der Waals surface area contributed by atoms with Crippen molar-refractivity contribution in [3.63, 3.8) is 0 Å². The third kappa shape index (κ3) is 4.03. The SMILES string of the molecule is COC(=O)c1ccc(N[C@@H]2C[C@H](C)N(C(C)=O)c3ccc(-n4cnc(C)c4)cc32)cc1. The normalized spacial score (nSPS) is 17.7. The molecular weight excluding hydrogens is 392 g/mol. The third-order valence-corrected chi connectivity index (χ3v) is 5.66. The molecule has 0 saturated carbocycles. The lowest BCUT2D eigenvalue weighted by Gasteiger charge is -2.39. The zero-order chi connectivity index (χ0) is 22.1.